The Hall–Kier alpha value is -1.36. The highest BCUT2D eigenvalue weighted by molar-refractivity contribution is 5.48. The van der Waals surface area contributed by atoms with E-state index in [1.807, 2.05) is 6.07 Å². The van der Waals surface area contributed by atoms with E-state index in [1.165, 1.54) is 12.8 Å². The summed E-state index contributed by atoms with van der Waals surface area (Å²) in [5.41, 5.74) is 0. The fraction of sp³-hybridized carbons (Fsp3) is 0.714. The summed E-state index contributed by atoms with van der Waals surface area (Å²) < 4.78 is 0. The van der Waals surface area contributed by atoms with E-state index in [4.69, 9.17) is 0 Å². The topological polar surface area (TPSA) is 53.1 Å². The molecule has 5 nitrogen and oxygen atoms in total. The lowest BCUT2D eigenvalue weighted by molar-refractivity contribution is 0.441. The zero-order chi connectivity index (χ0) is 13.7. The Kier molecular flexibility index (Phi) is 4.96. The second-order valence-corrected chi connectivity index (χ2v) is 5.63. The number of hydrogen-bond donors (Lipinski definition) is 2. The van der Waals surface area contributed by atoms with Gasteiger partial charge in [0.2, 0.25) is 0 Å². The molecule has 106 valence electrons. The Morgan fingerprint density at radius 2 is 2.11 bits per heavy atom. The molecular formula is C14H25N5. The largest absolute Gasteiger partial charge is 0.370 e. The zero-order valence-corrected chi connectivity index (χ0v) is 12.2. The van der Waals surface area contributed by atoms with Crippen LogP contribution < -0.4 is 15.5 Å². The van der Waals surface area contributed by atoms with E-state index in [0.717, 1.165) is 31.3 Å². The monoisotopic (exact) mass is 263 g/mol. The van der Waals surface area contributed by atoms with Crippen LogP contribution in [0.5, 0.6) is 0 Å². The van der Waals surface area contributed by atoms with Crippen LogP contribution in [0.4, 0.5) is 11.6 Å². The van der Waals surface area contributed by atoms with Gasteiger partial charge in [-0.25, -0.2) is 9.97 Å². The minimum atomic E-state index is 0.578. The Balaban J connectivity index is 2.00. The number of nitrogens with zero attached hydrogens (tertiary/aromatic N) is 3. The minimum absolute atomic E-state index is 0.578. The summed E-state index contributed by atoms with van der Waals surface area (Å²) in [6.45, 7) is 7.51. The fourth-order valence-electron chi connectivity index (χ4n) is 2.33. The standard InChI is InChI=1S/C14H25N5/c1-11(2)9-16-13-8-14(18-10-17-13)19(3)12-4-6-15-7-5-12/h8,10-12,15H,4-7,9H2,1-3H3,(H,16,17,18). The maximum absolute atomic E-state index is 4.40. The van der Waals surface area contributed by atoms with E-state index in [-0.39, 0.29) is 0 Å². The van der Waals surface area contributed by atoms with Crippen molar-refractivity contribution in [2.45, 2.75) is 32.7 Å². The van der Waals surface area contributed by atoms with Crippen LogP contribution in [-0.2, 0) is 0 Å². The first-order valence-electron chi connectivity index (χ1n) is 7.16. The van der Waals surface area contributed by atoms with Gasteiger partial charge in [0.1, 0.15) is 18.0 Å². The molecule has 1 aliphatic heterocycles. The van der Waals surface area contributed by atoms with Crippen LogP contribution in [-0.4, -0.2) is 42.7 Å². The molecule has 1 aromatic heterocycles. The summed E-state index contributed by atoms with van der Waals surface area (Å²) in [5.74, 6) is 2.54. The molecule has 5 heteroatoms. The molecule has 0 aromatic carbocycles. The molecule has 2 heterocycles. The van der Waals surface area contributed by atoms with Crippen LogP contribution in [0.3, 0.4) is 0 Å². The smallest absolute Gasteiger partial charge is 0.134 e. The van der Waals surface area contributed by atoms with Gasteiger partial charge in [-0.05, 0) is 31.8 Å². The predicted molar refractivity (Wildman–Crippen MR) is 79.7 cm³/mol. The zero-order valence-electron chi connectivity index (χ0n) is 12.2. The SMILES string of the molecule is CC(C)CNc1cc(N(C)C2CCNCC2)ncn1. The molecule has 0 amide bonds. The van der Waals surface area contributed by atoms with Crippen molar-refractivity contribution in [1.29, 1.82) is 0 Å². The second-order valence-electron chi connectivity index (χ2n) is 5.63. The third kappa shape index (κ3) is 4.06. The molecule has 1 aliphatic rings. The first-order chi connectivity index (χ1) is 9.16. The van der Waals surface area contributed by atoms with E-state index >= 15 is 0 Å². The molecule has 0 saturated carbocycles. The molecule has 0 spiro atoms. The number of aromatic nitrogens is 2. The van der Waals surface area contributed by atoms with Gasteiger partial charge >= 0.3 is 0 Å². The summed E-state index contributed by atoms with van der Waals surface area (Å²) >= 11 is 0. The van der Waals surface area contributed by atoms with Gasteiger partial charge in [0.25, 0.3) is 0 Å². The lowest BCUT2D eigenvalue weighted by Crippen LogP contribution is -2.41. The van der Waals surface area contributed by atoms with Gasteiger partial charge in [0, 0.05) is 25.7 Å². The van der Waals surface area contributed by atoms with Crippen molar-refractivity contribution in [3.8, 4) is 0 Å². The first-order valence-corrected chi connectivity index (χ1v) is 7.16. The lowest BCUT2D eigenvalue weighted by atomic mass is 10.1. The molecule has 1 fully saturated rings. The average molecular weight is 263 g/mol. The van der Waals surface area contributed by atoms with E-state index in [2.05, 4.69) is 46.4 Å². The van der Waals surface area contributed by atoms with E-state index in [0.29, 0.717) is 12.0 Å². The summed E-state index contributed by atoms with van der Waals surface area (Å²) in [4.78, 5) is 11.0. The van der Waals surface area contributed by atoms with Gasteiger partial charge in [-0.15, -0.1) is 0 Å². The number of piperidine rings is 1. The van der Waals surface area contributed by atoms with Crippen LogP contribution in [0.2, 0.25) is 0 Å². The Labute approximate surface area is 115 Å². The number of hydrogen-bond acceptors (Lipinski definition) is 5. The molecule has 0 aliphatic carbocycles. The molecule has 2 N–H and O–H groups in total. The minimum Gasteiger partial charge on any atom is -0.370 e. The molecule has 0 unspecified atom stereocenters. The van der Waals surface area contributed by atoms with Crippen LogP contribution in [0.25, 0.3) is 0 Å². The third-order valence-corrected chi connectivity index (χ3v) is 3.56. The normalized spacial score (nSPS) is 16.6. The van der Waals surface area contributed by atoms with Crippen molar-refractivity contribution < 1.29 is 0 Å². The van der Waals surface area contributed by atoms with Crippen LogP contribution in [0.15, 0.2) is 12.4 Å². The summed E-state index contributed by atoms with van der Waals surface area (Å²) in [6, 6.07) is 2.62. The molecule has 1 saturated heterocycles. The molecule has 19 heavy (non-hydrogen) atoms. The first kappa shape index (κ1) is 14.1. The van der Waals surface area contributed by atoms with Gasteiger partial charge in [-0.2, -0.15) is 0 Å². The highest BCUT2D eigenvalue weighted by atomic mass is 15.2. The Bertz CT molecular complexity index is 387. The van der Waals surface area contributed by atoms with Crippen molar-refractivity contribution >= 4 is 11.6 Å². The van der Waals surface area contributed by atoms with Crippen LogP contribution in [0.1, 0.15) is 26.7 Å². The van der Waals surface area contributed by atoms with Gasteiger partial charge < -0.3 is 15.5 Å². The van der Waals surface area contributed by atoms with Crippen molar-refractivity contribution in [2.24, 2.45) is 5.92 Å². The molecule has 0 bridgehead atoms. The lowest BCUT2D eigenvalue weighted by Gasteiger charge is -2.32. The predicted octanol–water partition coefficient (Wildman–Crippen LogP) is 1.73. The van der Waals surface area contributed by atoms with Crippen molar-refractivity contribution in [3.05, 3.63) is 12.4 Å². The number of rotatable bonds is 5. The molecular weight excluding hydrogens is 238 g/mol. The summed E-state index contributed by atoms with van der Waals surface area (Å²) in [6.07, 6.45) is 4.00. The van der Waals surface area contributed by atoms with Gasteiger partial charge in [-0.3, -0.25) is 0 Å². The maximum Gasteiger partial charge on any atom is 0.134 e. The Morgan fingerprint density at radius 3 is 2.79 bits per heavy atom. The number of nitrogens with one attached hydrogen (secondary N) is 2. The second kappa shape index (κ2) is 6.70. The quantitative estimate of drug-likeness (QED) is 0.847. The van der Waals surface area contributed by atoms with Gasteiger partial charge in [0.15, 0.2) is 0 Å². The summed E-state index contributed by atoms with van der Waals surface area (Å²) in [5, 5.41) is 6.75. The van der Waals surface area contributed by atoms with E-state index in [1.54, 1.807) is 6.33 Å². The summed E-state index contributed by atoms with van der Waals surface area (Å²) in [7, 11) is 2.13. The molecule has 2 rings (SSSR count). The highest BCUT2D eigenvalue weighted by Gasteiger charge is 2.19. The highest BCUT2D eigenvalue weighted by Crippen LogP contribution is 2.19. The molecule has 1 aromatic rings. The maximum atomic E-state index is 4.40. The van der Waals surface area contributed by atoms with Crippen LogP contribution >= 0.6 is 0 Å². The number of anilines is 2. The van der Waals surface area contributed by atoms with Crippen LogP contribution in [0, 0.1) is 5.92 Å². The van der Waals surface area contributed by atoms with Gasteiger partial charge in [-0.1, -0.05) is 13.8 Å². The fourth-order valence-corrected chi connectivity index (χ4v) is 2.33. The van der Waals surface area contributed by atoms with Gasteiger partial charge in [0.05, 0.1) is 0 Å². The molecule has 0 radical (unpaired) electrons. The Morgan fingerprint density at radius 1 is 1.37 bits per heavy atom. The third-order valence-electron chi connectivity index (χ3n) is 3.56. The average Bonchev–Trinajstić information content (AvgIpc) is 2.45. The van der Waals surface area contributed by atoms with E-state index in [9.17, 15) is 0 Å². The van der Waals surface area contributed by atoms with Crippen molar-refractivity contribution in [2.75, 3.05) is 36.9 Å². The van der Waals surface area contributed by atoms with Crippen molar-refractivity contribution in [3.63, 3.8) is 0 Å². The van der Waals surface area contributed by atoms with E-state index < -0.39 is 0 Å². The van der Waals surface area contributed by atoms with Crippen molar-refractivity contribution in [1.82, 2.24) is 15.3 Å². The molecule has 0 atom stereocenters.